The number of nitro groups is 1. The van der Waals surface area contributed by atoms with E-state index in [9.17, 15) is 24.8 Å². The van der Waals surface area contributed by atoms with Crippen molar-refractivity contribution in [3.63, 3.8) is 0 Å². The topological polar surface area (TPSA) is 130 Å². The van der Waals surface area contributed by atoms with Crippen LogP contribution in [0.5, 0.6) is 5.75 Å². The van der Waals surface area contributed by atoms with Crippen molar-refractivity contribution in [2.75, 3.05) is 0 Å². The van der Waals surface area contributed by atoms with Gasteiger partial charge in [0, 0.05) is 12.5 Å². The fourth-order valence-corrected chi connectivity index (χ4v) is 2.10. The normalized spacial score (nSPS) is 18.1. The molecule has 1 aromatic carbocycles. The molecule has 1 fully saturated rings. The molecule has 3 N–H and O–H groups in total. The molecule has 1 amide bonds. The smallest absolute Gasteiger partial charge is 0.339 e. The van der Waals surface area contributed by atoms with E-state index < -0.39 is 33.9 Å². The maximum atomic E-state index is 11.2. The van der Waals surface area contributed by atoms with E-state index in [1.54, 1.807) is 0 Å². The zero-order valence-corrected chi connectivity index (χ0v) is 9.62. The molecule has 0 aromatic heterocycles. The van der Waals surface area contributed by atoms with Crippen LogP contribution in [0, 0.1) is 10.1 Å². The highest BCUT2D eigenvalue weighted by molar-refractivity contribution is 5.92. The Bertz CT molecular complexity index is 583. The summed E-state index contributed by atoms with van der Waals surface area (Å²) < 4.78 is 0. The highest BCUT2D eigenvalue weighted by Gasteiger charge is 2.33. The fourth-order valence-electron chi connectivity index (χ4n) is 2.10. The number of carbonyl (C=O) groups excluding carboxylic acids is 1. The van der Waals surface area contributed by atoms with Gasteiger partial charge in [0.15, 0.2) is 0 Å². The molecule has 1 heterocycles. The summed E-state index contributed by atoms with van der Waals surface area (Å²) in [4.78, 5) is 32.3. The molecule has 8 heteroatoms. The second-order valence-electron chi connectivity index (χ2n) is 4.12. The second-order valence-corrected chi connectivity index (χ2v) is 4.12. The number of hydrogen-bond donors (Lipinski definition) is 3. The molecule has 0 unspecified atom stereocenters. The minimum atomic E-state index is -1.39. The average Bonchev–Trinajstić information content (AvgIpc) is 2.74. The van der Waals surface area contributed by atoms with Gasteiger partial charge < -0.3 is 15.5 Å². The van der Waals surface area contributed by atoms with Crippen molar-refractivity contribution in [2.45, 2.75) is 18.9 Å². The van der Waals surface area contributed by atoms with E-state index in [2.05, 4.69) is 5.32 Å². The molecule has 0 spiro atoms. The largest absolute Gasteiger partial charge is 0.506 e. The predicted octanol–water partition coefficient (Wildman–Crippen LogP) is 0.950. The van der Waals surface area contributed by atoms with Crippen LogP contribution in [0.15, 0.2) is 12.1 Å². The summed E-state index contributed by atoms with van der Waals surface area (Å²) in [6.07, 6.45) is 0.453. The van der Waals surface area contributed by atoms with E-state index in [-0.39, 0.29) is 24.3 Å². The van der Waals surface area contributed by atoms with Gasteiger partial charge >= 0.3 is 5.97 Å². The van der Waals surface area contributed by atoms with Crippen molar-refractivity contribution in [1.82, 2.24) is 5.32 Å². The number of carboxylic acids is 1. The molecule has 0 aliphatic carbocycles. The first kappa shape index (κ1) is 12.8. The van der Waals surface area contributed by atoms with Crippen LogP contribution in [0.1, 0.15) is 34.8 Å². The van der Waals surface area contributed by atoms with Gasteiger partial charge in [0.2, 0.25) is 5.91 Å². The number of hydrogen-bond acceptors (Lipinski definition) is 5. The summed E-state index contributed by atoms with van der Waals surface area (Å²) in [5, 5.41) is 32.2. The number of carboxylic acid groups (broad SMARTS) is 1. The number of aromatic carboxylic acids is 1. The summed E-state index contributed by atoms with van der Waals surface area (Å²) in [7, 11) is 0. The second kappa shape index (κ2) is 4.56. The van der Waals surface area contributed by atoms with Gasteiger partial charge in [-0.25, -0.2) is 4.79 Å². The van der Waals surface area contributed by atoms with Gasteiger partial charge in [-0.15, -0.1) is 0 Å². The number of benzene rings is 1. The Balaban J connectivity index is 2.60. The van der Waals surface area contributed by atoms with E-state index in [0.717, 1.165) is 12.1 Å². The van der Waals surface area contributed by atoms with Gasteiger partial charge in [-0.3, -0.25) is 14.9 Å². The van der Waals surface area contributed by atoms with Crippen molar-refractivity contribution in [3.8, 4) is 5.75 Å². The van der Waals surface area contributed by atoms with Crippen LogP contribution in [0.2, 0.25) is 0 Å². The number of amides is 1. The lowest BCUT2D eigenvalue weighted by Gasteiger charge is -2.14. The molecule has 1 saturated heterocycles. The third-order valence-electron chi connectivity index (χ3n) is 2.96. The van der Waals surface area contributed by atoms with Crippen molar-refractivity contribution < 1.29 is 24.7 Å². The van der Waals surface area contributed by atoms with Crippen LogP contribution in [0.4, 0.5) is 5.69 Å². The van der Waals surface area contributed by atoms with Gasteiger partial charge in [0.1, 0.15) is 11.3 Å². The first-order valence-corrected chi connectivity index (χ1v) is 5.44. The quantitative estimate of drug-likeness (QED) is 0.551. The van der Waals surface area contributed by atoms with Crippen LogP contribution in [0.25, 0.3) is 0 Å². The Morgan fingerprint density at radius 2 is 2.16 bits per heavy atom. The van der Waals surface area contributed by atoms with Gasteiger partial charge in [-0.2, -0.15) is 0 Å². The molecule has 1 aromatic rings. The third kappa shape index (κ3) is 2.19. The molecule has 0 radical (unpaired) electrons. The Morgan fingerprint density at radius 1 is 1.47 bits per heavy atom. The van der Waals surface area contributed by atoms with Crippen molar-refractivity contribution >= 4 is 17.6 Å². The number of nitro benzene ring substituents is 1. The Hall–Kier alpha value is -2.64. The summed E-state index contributed by atoms with van der Waals surface area (Å²) >= 11 is 0. The summed E-state index contributed by atoms with van der Waals surface area (Å²) in [6.45, 7) is 0. The Labute approximate surface area is 106 Å². The van der Waals surface area contributed by atoms with Crippen LogP contribution in [-0.4, -0.2) is 27.0 Å². The van der Waals surface area contributed by atoms with Crippen LogP contribution in [0.3, 0.4) is 0 Å². The molecular weight excluding hydrogens is 256 g/mol. The van der Waals surface area contributed by atoms with Crippen molar-refractivity contribution in [3.05, 3.63) is 33.4 Å². The minimum Gasteiger partial charge on any atom is -0.506 e. The molecule has 1 aliphatic rings. The number of carbonyl (C=O) groups is 2. The minimum absolute atomic E-state index is 0.157. The van der Waals surface area contributed by atoms with E-state index in [4.69, 9.17) is 5.11 Å². The number of rotatable bonds is 3. The van der Waals surface area contributed by atoms with Crippen molar-refractivity contribution in [2.24, 2.45) is 0 Å². The fraction of sp³-hybridized carbons (Fsp3) is 0.273. The Morgan fingerprint density at radius 3 is 2.63 bits per heavy atom. The van der Waals surface area contributed by atoms with Gasteiger partial charge in [-0.05, 0) is 12.5 Å². The van der Waals surface area contributed by atoms with Gasteiger partial charge in [0.05, 0.1) is 16.5 Å². The molecule has 0 saturated carbocycles. The first-order valence-electron chi connectivity index (χ1n) is 5.44. The van der Waals surface area contributed by atoms with E-state index in [0.29, 0.717) is 0 Å². The molecule has 0 bridgehead atoms. The molecule has 8 nitrogen and oxygen atoms in total. The van der Waals surface area contributed by atoms with E-state index >= 15 is 0 Å². The van der Waals surface area contributed by atoms with Crippen LogP contribution in [-0.2, 0) is 4.79 Å². The summed E-state index contributed by atoms with van der Waals surface area (Å²) in [5.41, 5.74) is -0.993. The lowest BCUT2D eigenvalue weighted by atomic mass is 9.98. The maximum absolute atomic E-state index is 11.2. The predicted molar refractivity (Wildman–Crippen MR) is 61.8 cm³/mol. The molecule has 19 heavy (non-hydrogen) atoms. The number of phenols is 1. The monoisotopic (exact) mass is 266 g/mol. The Kier molecular flexibility index (Phi) is 3.07. The van der Waals surface area contributed by atoms with Crippen LogP contribution < -0.4 is 5.32 Å². The lowest BCUT2D eigenvalue weighted by molar-refractivity contribution is -0.385. The molecule has 100 valence electrons. The molecule has 2 rings (SSSR count). The highest BCUT2D eigenvalue weighted by Crippen LogP contribution is 2.39. The first-order chi connectivity index (χ1) is 8.91. The average molecular weight is 266 g/mol. The zero-order valence-electron chi connectivity index (χ0n) is 9.62. The van der Waals surface area contributed by atoms with Gasteiger partial charge in [0.25, 0.3) is 5.69 Å². The van der Waals surface area contributed by atoms with Gasteiger partial charge in [-0.1, -0.05) is 0 Å². The van der Waals surface area contributed by atoms with Crippen LogP contribution >= 0.6 is 0 Å². The zero-order chi connectivity index (χ0) is 14.2. The van der Waals surface area contributed by atoms with E-state index in [1.165, 1.54) is 0 Å². The number of nitrogens with one attached hydrogen (secondary N) is 1. The summed E-state index contributed by atoms with van der Waals surface area (Å²) in [5.74, 6) is -2.36. The highest BCUT2D eigenvalue weighted by atomic mass is 16.6. The maximum Gasteiger partial charge on any atom is 0.339 e. The third-order valence-corrected chi connectivity index (χ3v) is 2.96. The summed E-state index contributed by atoms with van der Waals surface area (Å²) in [6, 6.07) is 1.24. The molecular formula is C11H10N2O6. The number of nitrogens with zero attached hydrogens (tertiary/aromatic N) is 1. The molecule has 1 atom stereocenters. The lowest BCUT2D eigenvalue weighted by Crippen LogP contribution is -2.20. The van der Waals surface area contributed by atoms with E-state index in [1.807, 2.05) is 0 Å². The SMILES string of the molecule is O=C1CC[C@H](c2c([N+](=O)[O-])ccc(C(=O)O)c2O)N1. The van der Waals surface area contributed by atoms with Crippen molar-refractivity contribution in [1.29, 1.82) is 0 Å². The number of aromatic hydroxyl groups is 1. The molecule has 1 aliphatic heterocycles. The standard InChI is InChI=1S/C11H10N2O6/c14-8-4-2-6(12-8)9-7(13(18)19)3-1-5(10(9)15)11(16)17/h1,3,6,15H,2,4H2,(H,12,14)(H,16,17)/t6-/m1/s1.